The number of aromatic amines is 1. The van der Waals surface area contributed by atoms with Gasteiger partial charge in [-0.05, 0) is 24.6 Å². The van der Waals surface area contributed by atoms with E-state index in [2.05, 4.69) is 15.3 Å². The molecule has 1 heterocycles. The predicted octanol–water partition coefficient (Wildman–Crippen LogP) is 2.60. The van der Waals surface area contributed by atoms with Crippen LogP contribution >= 0.6 is 0 Å². The summed E-state index contributed by atoms with van der Waals surface area (Å²) in [6.45, 7) is 1.91. The zero-order valence-electron chi connectivity index (χ0n) is 7.71. The van der Waals surface area contributed by atoms with Crippen molar-refractivity contribution in [1.82, 2.24) is 9.97 Å². The third-order valence-electron chi connectivity index (χ3n) is 1.87. The molecule has 14 heavy (non-hydrogen) atoms. The van der Waals surface area contributed by atoms with E-state index in [1.165, 1.54) is 6.07 Å². The maximum Gasteiger partial charge on any atom is 0.204 e. The minimum Gasteiger partial charge on any atom is -0.331 e. The second kappa shape index (κ2) is 3.49. The van der Waals surface area contributed by atoms with Gasteiger partial charge >= 0.3 is 0 Å². The highest BCUT2D eigenvalue weighted by Crippen LogP contribution is 2.18. The molecule has 0 unspecified atom stereocenters. The molecular weight excluding hydrogens is 181 g/mol. The van der Waals surface area contributed by atoms with Crippen molar-refractivity contribution in [2.75, 3.05) is 5.32 Å². The molecule has 0 atom stereocenters. The van der Waals surface area contributed by atoms with E-state index in [-0.39, 0.29) is 5.82 Å². The van der Waals surface area contributed by atoms with Crippen molar-refractivity contribution in [2.24, 2.45) is 0 Å². The Bertz CT molecular complexity index is 423. The summed E-state index contributed by atoms with van der Waals surface area (Å²) in [4.78, 5) is 6.79. The third kappa shape index (κ3) is 1.74. The molecule has 0 saturated carbocycles. The number of aromatic nitrogens is 2. The van der Waals surface area contributed by atoms with Gasteiger partial charge in [-0.1, -0.05) is 6.07 Å². The van der Waals surface area contributed by atoms with Crippen molar-refractivity contribution in [2.45, 2.75) is 6.92 Å². The van der Waals surface area contributed by atoms with Crippen LogP contribution < -0.4 is 5.32 Å². The minimum atomic E-state index is -0.285. The van der Waals surface area contributed by atoms with E-state index in [9.17, 15) is 4.39 Å². The SMILES string of the molecule is Cc1ccc(F)c(Nc2ncc[nH]2)c1. The lowest BCUT2D eigenvalue weighted by Gasteiger charge is -2.04. The fourth-order valence-corrected chi connectivity index (χ4v) is 1.20. The van der Waals surface area contributed by atoms with Gasteiger partial charge in [0.1, 0.15) is 5.82 Å². The average molecular weight is 191 g/mol. The molecule has 0 bridgehead atoms. The quantitative estimate of drug-likeness (QED) is 0.766. The first-order valence-electron chi connectivity index (χ1n) is 4.28. The molecule has 2 N–H and O–H groups in total. The summed E-state index contributed by atoms with van der Waals surface area (Å²) in [5.41, 5.74) is 1.43. The average Bonchev–Trinajstić information content (AvgIpc) is 2.64. The van der Waals surface area contributed by atoms with Gasteiger partial charge in [-0.3, -0.25) is 0 Å². The molecule has 0 saturated heterocycles. The largest absolute Gasteiger partial charge is 0.331 e. The van der Waals surface area contributed by atoms with Crippen molar-refractivity contribution in [1.29, 1.82) is 0 Å². The molecule has 72 valence electrons. The molecule has 2 aromatic rings. The van der Waals surface area contributed by atoms with E-state index < -0.39 is 0 Å². The normalized spacial score (nSPS) is 10.1. The Morgan fingerprint density at radius 2 is 2.29 bits per heavy atom. The third-order valence-corrected chi connectivity index (χ3v) is 1.87. The number of hydrogen-bond acceptors (Lipinski definition) is 2. The first kappa shape index (κ1) is 8.74. The Labute approximate surface area is 81.0 Å². The lowest BCUT2D eigenvalue weighted by Crippen LogP contribution is -1.95. The Hall–Kier alpha value is -1.84. The lowest BCUT2D eigenvalue weighted by molar-refractivity contribution is 0.631. The van der Waals surface area contributed by atoms with Gasteiger partial charge in [0, 0.05) is 12.4 Å². The Balaban J connectivity index is 2.28. The van der Waals surface area contributed by atoms with E-state index in [1.54, 1.807) is 24.5 Å². The summed E-state index contributed by atoms with van der Waals surface area (Å²) in [5.74, 6) is 0.251. The van der Waals surface area contributed by atoms with Gasteiger partial charge in [0.2, 0.25) is 5.95 Å². The van der Waals surface area contributed by atoms with Gasteiger partial charge in [0.05, 0.1) is 5.69 Å². The number of aryl methyl sites for hydroxylation is 1. The Morgan fingerprint density at radius 1 is 1.43 bits per heavy atom. The predicted molar refractivity (Wildman–Crippen MR) is 53.0 cm³/mol. The van der Waals surface area contributed by atoms with Crippen molar-refractivity contribution in [3.05, 3.63) is 42.0 Å². The van der Waals surface area contributed by atoms with E-state index in [0.717, 1.165) is 5.56 Å². The number of H-pyrrole nitrogens is 1. The van der Waals surface area contributed by atoms with Gasteiger partial charge in [-0.15, -0.1) is 0 Å². The smallest absolute Gasteiger partial charge is 0.204 e. The topological polar surface area (TPSA) is 40.7 Å². The van der Waals surface area contributed by atoms with Gasteiger partial charge in [-0.25, -0.2) is 9.37 Å². The van der Waals surface area contributed by atoms with Crippen LogP contribution in [-0.4, -0.2) is 9.97 Å². The van der Waals surface area contributed by atoms with Crippen molar-refractivity contribution >= 4 is 11.6 Å². The van der Waals surface area contributed by atoms with Crippen molar-refractivity contribution < 1.29 is 4.39 Å². The van der Waals surface area contributed by atoms with Crippen LogP contribution in [0.5, 0.6) is 0 Å². The first-order valence-corrected chi connectivity index (χ1v) is 4.28. The van der Waals surface area contributed by atoms with Gasteiger partial charge in [0.15, 0.2) is 0 Å². The summed E-state index contributed by atoms with van der Waals surface area (Å²) in [7, 11) is 0. The number of hydrogen-bond donors (Lipinski definition) is 2. The second-order valence-corrected chi connectivity index (χ2v) is 3.05. The molecule has 0 amide bonds. The zero-order valence-corrected chi connectivity index (χ0v) is 7.71. The van der Waals surface area contributed by atoms with Crippen LogP contribution in [0.4, 0.5) is 16.0 Å². The van der Waals surface area contributed by atoms with Crippen LogP contribution in [0.25, 0.3) is 0 Å². The molecule has 0 aliphatic heterocycles. The zero-order chi connectivity index (χ0) is 9.97. The second-order valence-electron chi connectivity index (χ2n) is 3.05. The number of nitrogens with zero attached hydrogens (tertiary/aromatic N) is 1. The van der Waals surface area contributed by atoms with E-state index in [1.807, 2.05) is 6.92 Å². The summed E-state index contributed by atoms with van der Waals surface area (Å²) in [6, 6.07) is 4.89. The van der Waals surface area contributed by atoms with Crippen molar-refractivity contribution in [3.8, 4) is 0 Å². The number of anilines is 2. The highest BCUT2D eigenvalue weighted by Gasteiger charge is 2.02. The van der Waals surface area contributed by atoms with Crippen LogP contribution in [0.15, 0.2) is 30.6 Å². The number of rotatable bonds is 2. The van der Waals surface area contributed by atoms with Gasteiger partial charge in [-0.2, -0.15) is 0 Å². The monoisotopic (exact) mass is 191 g/mol. The number of benzene rings is 1. The fraction of sp³-hybridized carbons (Fsp3) is 0.100. The summed E-state index contributed by atoms with van der Waals surface area (Å²) in [5, 5.41) is 2.85. The summed E-state index contributed by atoms with van der Waals surface area (Å²) < 4.78 is 13.3. The maximum absolute atomic E-state index is 13.3. The molecule has 0 radical (unpaired) electrons. The fourth-order valence-electron chi connectivity index (χ4n) is 1.20. The molecule has 0 spiro atoms. The molecule has 0 fully saturated rings. The minimum absolute atomic E-state index is 0.285. The molecule has 0 aliphatic carbocycles. The van der Waals surface area contributed by atoms with E-state index >= 15 is 0 Å². The maximum atomic E-state index is 13.3. The van der Waals surface area contributed by atoms with Crippen LogP contribution in [0.3, 0.4) is 0 Å². The van der Waals surface area contributed by atoms with E-state index in [4.69, 9.17) is 0 Å². The lowest BCUT2D eigenvalue weighted by atomic mass is 10.2. The highest BCUT2D eigenvalue weighted by molar-refractivity contribution is 5.55. The first-order chi connectivity index (χ1) is 6.75. The van der Waals surface area contributed by atoms with Gasteiger partial charge < -0.3 is 10.3 Å². The number of nitrogens with one attached hydrogen (secondary N) is 2. The van der Waals surface area contributed by atoms with E-state index in [0.29, 0.717) is 11.6 Å². The molecule has 1 aromatic heterocycles. The number of halogens is 1. The highest BCUT2D eigenvalue weighted by atomic mass is 19.1. The van der Waals surface area contributed by atoms with Crippen LogP contribution in [0.1, 0.15) is 5.56 Å². The van der Waals surface area contributed by atoms with Crippen LogP contribution in [-0.2, 0) is 0 Å². The molecule has 0 aliphatic rings. The van der Waals surface area contributed by atoms with Crippen LogP contribution in [0, 0.1) is 12.7 Å². The molecule has 4 heteroatoms. The standard InChI is InChI=1S/C10H10FN3/c1-7-2-3-8(11)9(6-7)14-10-12-4-5-13-10/h2-6H,1H3,(H2,12,13,14). The molecule has 2 rings (SSSR count). The Morgan fingerprint density at radius 3 is 3.00 bits per heavy atom. The molecule has 3 nitrogen and oxygen atoms in total. The number of imidazole rings is 1. The molecular formula is C10H10FN3. The summed E-state index contributed by atoms with van der Waals surface area (Å²) in [6.07, 6.45) is 3.28. The Kier molecular flexibility index (Phi) is 2.18. The van der Waals surface area contributed by atoms with Gasteiger partial charge in [0.25, 0.3) is 0 Å². The van der Waals surface area contributed by atoms with Crippen LogP contribution in [0.2, 0.25) is 0 Å². The molecule has 1 aromatic carbocycles. The van der Waals surface area contributed by atoms with Crippen molar-refractivity contribution in [3.63, 3.8) is 0 Å². The summed E-state index contributed by atoms with van der Waals surface area (Å²) >= 11 is 0.